The van der Waals surface area contributed by atoms with Crippen LogP contribution < -0.4 is 14.8 Å². The molecule has 2 aliphatic rings. The van der Waals surface area contributed by atoms with Crippen LogP contribution in [-0.2, 0) is 5.54 Å². The first-order chi connectivity index (χ1) is 11.3. The van der Waals surface area contributed by atoms with Crippen LogP contribution in [0.25, 0.3) is 0 Å². The molecule has 0 unspecified atom stereocenters. The van der Waals surface area contributed by atoms with Gasteiger partial charge in [0.1, 0.15) is 13.2 Å². The van der Waals surface area contributed by atoms with E-state index >= 15 is 0 Å². The van der Waals surface area contributed by atoms with Crippen LogP contribution in [0, 0.1) is 0 Å². The molecule has 1 heterocycles. The van der Waals surface area contributed by atoms with Gasteiger partial charge >= 0.3 is 0 Å². The first kappa shape index (κ1) is 14.1. The van der Waals surface area contributed by atoms with Crippen LogP contribution in [0.4, 0.5) is 0 Å². The lowest BCUT2D eigenvalue weighted by molar-refractivity contribution is 0.0822. The minimum absolute atomic E-state index is 0.0643. The fourth-order valence-corrected chi connectivity index (χ4v) is 3.25. The van der Waals surface area contributed by atoms with Crippen molar-refractivity contribution in [1.82, 2.24) is 5.32 Å². The average Bonchev–Trinajstić information content (AvgIpc) is 2.58. The van der Waals surface area contributed by atoms with E-state index in [-0.39, 0.29) is 11.4 Å². The summed E-state index contributed by atoms with van der Waals surface area (Å²) in [6.45, 7) is 1.07. The maximum atomic E-state index is 12.7. The largest absolute Gasteiger partial charge is 0.486 e. The van der Waals surface area contributed by atoms with Gasteiger partial charge in [-0.1, -0.05) is 30.3 Å². The number of fused-ring (bicyclic) bond motifs is 1. The molecule has 4 heteroatoms. The summed E-state index contributed by atoms with van der Waals surface area (Å²) in [7, 11) is 0. The summed E-state index contributed by atoms with van der Waals surface area (Å²) in [6, 6.07) is 15.6. The highest BCUT2D eigenvalue weighted by Crippen LogP contribution is 2.41. The number of benzene rings is 2. The van der Waals surface area contributed by atoms with Crippen LogP contribution in [0.3, 0.4) is 0 Å². The monoisotopic (exact) mass is 309 g/mol. The summed E-state index contributed by atoms with van der Waals surface area (Å²) >= 11 is 0. The Balaban J connectivity index is 1.57. The quantitative estimate of drug-likeness (QED) is 0.946. The van der Waals surface area contributed by atoms with Crippen LogP contribution >= 0.6 is 0 Å². The molecule has 1 saturated carbocycles. The number of carbonyl (C=O) groups excluding carboxylic acids is 1. The molecule has 2 aromatic rings. The SMILES string of the molecule is O=C(NC1(c2ccccc2)CCC1)c1ccc2c(c1)OCCO2. The van der Waals surface area contributed by atoms with Crippen LogP contribution in [0.15, 0.2) is 48.5 Å². The van der Waals surface area contributed by atoms with E-state index in [4.69, 9.17) is 9.47 Å². The summed E-state index contributed by atoms with van der Waals surface area (Å²) in [5.74, 6) is 1.28. The van der Waals surface area contributed by atoms with Gasteiger partial charge in [0.15, 0.2) is 11.5 Å². The summed E-state index contributed by atoms with van der Waals surface area (Å²) < 4.78 is 11.1. The van der Waals surface area contributed by atoms with Crippen LogP contribution in [0.2, 0.25) is 0 Å². The standard InChI is InChI=1S/C19H19NO3/c21-18(14-7-8-16-17(13-14)23-12-11-22-16)20-19(9-4-10-19)15-5-2-1-3-6-15/h1-3,5-8,13H,4,9-12H2,(H,20,21). The van der Waals surface area contributed by atoms with Gasteiger partial charge in [0.25, 0.3) is 5.91 Å². The minimum atomic E-state index is -0.231. The van der Waals surface area contributed by atoms with Gasteiger partial charge in [-0.15, -0.1) is 0 Å². The second-order valence-corrected chi connectivity index (χ2v) is 6.11. The summed E-state index contributed by atoms with van der Waals surface area (Å²) in [5.41, 5.74) is 1.56. The number of nitrogens with one attached hydrogen (secondary N) is 1. The predicted molar refractivity (Wildman–Crippen MR) is 86.9 cm³/mol. The Hall–Kier alpha value is -2.49. The molecule has 1 N–H and O–H groups in total. The Bertz CT molecular complexity index is 723. The van der Waals surface area contributed by atoms with E-state index in [1.165, 1.54) is 5.56 Å². The highest BCUT2D eigenvalue weighted by Gasteiger charge is 2.40. The lowest BCUT2D eigenvalue weighted by Gasteiger charge is -2.43. The van der Waals surface area contributed by atoms with E-state index in [0.717, 1.165) is 19.3 Å². The molecule has 4 rings (SSSR count). The molecule has 0 saturated heterocycles. The molecule has 0 radical (unpaired) electrons. The van der Waals surface area contributed by atoms with Gasteiger partial charge < -0.3 is 14.8 Å². The predicted octanol–water partition coefficient (Wildman–Crippen LogP) is 3.27. The Morgan fingerprint density at radius 1 is 0.957 bits per heavy atom. The normalized spacial score (nSPS) is 17.9. The highest BCUT2D eigenvalue weighted by molar-refractivity contribution is 5.95. The van der Waals surface area contributed by atoms with E-state index < -0.39 is 0 Å². The first-order valence-corrected chi connectivity index (χ1v) is 8.05. The molecule has 1 fully saturated rings. The number of hydrogen-bond donors (Lipinski definition) is 1. The second-order valence-electron chi connectivity index (χ2n) is 6.11. The number of ether oxygens (including phenoxy) is 2. The summed E-state index contributed by atoms with van der Waals surface area (Å²) in [4.78, 5) is 12.7. The van der Waals surface area contributed by atoms with Crippen LogP contribution in [0.5, 0.6) is 11.5 Å². The first-order valence-electron chi connectivity index (χ1n) is 8.05. The lowest BCUT2D eigenvalue weighted by atomic mass is 9.71. The number of hydrogen-bond acceptors (Lipinski definition) is 3. The van der Waals surface area contributed by atoms with Crippen LogP contribution in [0.1, 0.15) is 35.2 Å². The van der Waals surface area contributed by atoms with Gasteiger partial charge in [0.05, 0.1) is 5.54 Å². The number of amides is 1. The molecule has 1 amide bonds. The maximum Gasteiger partial charge on any atom is 0.252 e. The molecule has 0 spiro atoms. The third-order valence-electron chi connectivity index (χ3n) is 4.69. The zero-order chi connectivity index (χ0) is 15.7. The van der Waals surface area contributed by atoms with E-state index in [1.54, 1.807) is 18.2 Å². The van der Waals surface area contributed by atoms with Crippen molar-refractivity contribution < 1.29 is 14.3 Å². The topological polar surface area (TPSA) is 47.6 Å². The van der Waals surface area contributed by atoms with Crippen molar-refractivity contribution in [1.29, 1.82) is 0 Å². The van der Waals surface area contributed by atoms with Crippen molar-refractivity contribution in [2.45, 2.75) is 24.8 Å². The molecule has 118 valence electrons. The molecular weight excluding hydrogens is 290 g/mol. The minimum Gasteiger partial charge on any atom is -0.486 e. The lowest BCUT2D eigenvalue weighted by Crippen LogP contribution is -2.50. The van der Waals surface area contributed by atoms with Crippen molar-refractivity contribution in [3.8, 4) is 11.5 Å². The molecular formula is C19H19NO3. The zero-order valence-corrected chi connectivity index (χ0v) is 12.9. The maximum absolute atomic E-state index is 12.7. The van der Waals surface area contributed by atoms with Crippen molar-refractivity contribution in [2.24, 2.45) is 0 Å². The third-order valence-corrected chi connectivity index (χ3v) is 4.69. The third kappa shape index (κ3) is 2.54. The van der Waals surface area contributed by atoms with E-state index in [1.807, 2.05) is 18.2 Å². The summed E-state index contributed by atoms with van der Waals surface area (Å²) in [5, 5.41) is 3.23. The van der Waals surface area contributed by atoms with Gasteiger partial charge in [-0.05, 0) is 43.0 Å². The fraction of sp³-hybridized carbons (Fsp3) is 0.316. The molecule has 2 aromatic carbocycles. The van der Waals surface area contributed by atoms with Gasteiger partial charge in [-0.25, -0.2) is 0 Å². The van der Waals surface area contributed by atoms with Gasteiger partial charge in [-0.3, -0.25) is 4.79 Å². The Morgan fingerprint density at radius 3 is 2.39 bits per heavy atom. The van der Waals surface area contributed by atoms with Crippen LogP contribution in [-0.4, -0.2) is 19.1 Å². The van der Waals surface area contributed by atoms with E-state index in [2.05, 4.69) is 17.4 Å². The van der Waals surface area contributed by atoms with Crippen molar-refractivity contribution in [3.05, 3.63) is 59.7 Å². The molecule has 1 aliphatic heterocycles. The Kier molecular flexibility index (Phi) is 3.45. The van der Waals surface area contributed by atoms with Gasteiger partial charge in [0, 0.05) is 5.56 Å². The molecule has 1 aliphatic carbocycles. The average molecular weight is 309 g/mol. The Morgan fingerprint density at radius 2 is 1.70 bits per heavy atom. The highest BCUT2D eigenvalue weighted by atomic mass is 16.6. The fourth-order valence-electron chi connectivity index (χ4n) is 3.25. The van der Waals surface area contributed by atoms with Crippen molar-refractivity contribution in [2.75, 3.05) is 13.2 Å². The molecule has 0 atom stereocenters. The number of rotatable bonds is 3. The van der Waals surface area contributed by atoms with Gasteiger partial charge in [-0.2, -0.15) is 0 Å². The summed E-state index contributed by atoms with van der Waals surface area (Å²) in [6.07, 6.45) is 3.09. The molecule has 23 heavy (non-hydrogen) atoms. The molecule has 0 bridgehead atoms. The van der Waals surface area contributed by atoms with E-state index in [9.17, 15) is 4.79 Å². The van der Waals surface area contributed by atoms with E-state index in [0.29, 0.717) is 30.3 Å². The number of carbonyl (C=O) groups is 1. The Labute approximate surface area is 135 Å². The van der Waals surface area contributed by atoms with Crippen molar-refractivity contribution in [3.63, 3.8) is 0 Å². The molecule has 4 nitrogen and oxygen atoms in total. The molecule has 0 aromatic heterocycles. The van der Waals surface area contributed by atoms with Crippen molar-refractivity contribution >= 4 is 5.91 Å². The zero-order valence-electron chi connectivity index (χ0n) is 12.9. The van der Waals surface area contributed by atoms with Gasteiger partial charge in [0.2, 0.25) is 0 Å². The smallest absolute Gasteiger partial charge is 0.252 e. The second kappa shape index (κ2) is 5.61.